The molecule has 4 nitrogen and oxygen atoms in total. The van der Waals surface area contributed by atoms with Crippen LogP contribution in [0.2, 0.25) is 0 Å². The molecule has 0 aliphatic heterocycles. The smallest absolute Gasteiger partial charge is 0.314 e. The number of carboxylic acid groups (broad SMARTS) is 2. The molecule has 2 rings (SSSR count). The van der Waals surface area contributed by atoms with Crippen LogP contribution >= 0.6 is 0 Å². The fourth-order valence-electron chi connectivity index (χ4n) is 3.25. The first kappa shape index (κ1) is 17.0. The number of hydrogen-bond donors (Lipinski definition) is 2. The maximum Gasteiger partial charge on any atom is 0.314 e. The van der Waals surface area contributed by atoms with Crippen molar-refractivity contribution in [2.45, 2.75) is 39.0 Å². The second kappa shape index (κ2) is 6.03. The van der Waals surface area contributed by atoms with Gasteiger partial charge in [-0.15, -0.1) is 0 Å². The van der Waals surface area contributed by atoms with E-state index in [0.717, 1.165) is 10.8 Å². The van der Waals surface area contributed by atoms with Gasteiger partial charge in [-0.3, -0.25) is 9.59 Å². The fraction of sp³-hybridized carbons (Fsp3) is 0.368. The highest BCUT2D eigenvalue weighted by atomic mass is 16.4. The summed E-state index contributed by atoms with van der Waals surface area (Å²) in [6.07, 6.45) is -0.129. The Morgan fingerprint density at radius 2 is 1.57 bits per heavy atom. The Bertz CT molecular complexity index is 742. The molecule has 0 amide bonds. The highest BCUT2D eigenvalue weighted by molar-refractivity contribution is 5.88. The minimum absolute atomic E-state index is 0.0551. The van der Waals surface area contributed by atoms with E-state index >= 15 is 0 Å². The van der Waals surface area contributed by atoms with Crippen molar-refractivity contribution < 1.29 is 19.8 Å². The van der Waals surface area contributed by atoms with Gasteiger partial charge in [-0.2, -0.15) is 0 Å². The predicted octanol–water partition coefficient (Wildman–Crippen LogP) is 4.07. The molecule has 0 aromatic heterocycles. The van der Waals surface area contributed by atoms with Crippen molar-refractivity contribution in [2.75, 3.05) is 0 Å². The molecule has 0 fully saturated rings. The molecule has 1 unspecified atom stereocenters. The van der Waals surface area contributed by atoms with E-state index in [9.17, 15) is 14.7 Å². The summed E-state index contributed by atoms with van der Waals surface area (Å²) < 4.78 is 0. The summed E-state index contributed by atoms with van der Waals surface area (Å²) >= 11 is 0. The van der Waals surface area contributed by atoms with E-state index < -0.39 is 22.8 Å². The Balaban J connectivity index is 2.66. The van der Waals surface area contributed by atoms with Gasteiger partial charge in [0.05, 0.1) is 5.41 Å². The Labute approximate surface area is 135 Å². The van der Waals surface area contributed by atoms with Gasteiger partial charge in [-0.05, 0) is 34.2 Å². The molecule has 122 valence electrons. The normalized spacial score (nSPS) is 14.4. The van der Waals surface area contributed by atoms with Crippen LogP contribution in [0.5, 0.6) is 0 Å². The van der Waals surface area contributed by atoms with E-state index in [1.165, 1.54) is 0 Å². The summed E-state index contributed by atoms with van der Waals surface area (Å²) in [5.41, 5.74) is -1.23. The van der Waals surface area contributed by atoms with Crippen LogP contribution in [-0.4, -0.2) is 22.2 Å². The number of carboxylic acids is 2. The average molecular weight is 314 g/mol. The zero-order valence-corrected chi connectivity index (χ0v) is 13.7. The molecule has 4 heteroatoms. The monoisotopic (exact) mass is 314 g/mol. The molecule has 0 radical (unpaired) electrons. The Hall–Kier alpha value is -2.36. The zero-order chi connectivity index (χ0) is 17.3. The van der Waals surface area contributed by atoms with Crippen LogP contribution in [0.1, 0.15) is 39.2 Å². The largest absolute Gasteiger partial charge is 0.481 e. The predicted molar refractivity (Wildman–Crippen MR) is 89.6 cm³/mol. The summed E-state index contributed by atoms with van der Waals surface area (Å²) in [5.74, 6) is -1.97. The topological polar surface area (TPSA) is 74.6 Å². The standard InChI is InChI=1S/C19H22O4/c1-18(2,3)19(17(22)23,11-10-16(20)21)15-9-8-13-6-4-5-7-14(13)12-15/h4-9,12H,10-11H2,1-3H3,(H,20,21)(H,22,23). The van der Waals surface area contributed by atoms with Gasteiger partial charge in [-0.25, -0.2) is 0 Å². The molecular formula is C19H22O4. The van der Waals surface area contributed by atoms with E-state index in [0.29, 0.717) is 5.56 Å². The number of benzene rings is 2. The highest BCUT2D eigenvalue weighted by Crippen LogP contribution is 2.46. The van der Waals surface area contributed by atoms with Gasteiger partial charge in [0, 0.05) is 6.42 Å². The number of aliphatic carboxylic acids is 2. The molecule has 0 saturated heterocycles. The Morgan fingerprint density at radius 3 is 2.09 bits per heavy atom. The van der Waals surface area contributed by atoms with Crippen molar-refractivity contribution in [3.05, 3.63) is 48.0 Å². The minimum Gasteiger partial charge on any atom is -0.481 e. The van der Waals surface area contributed by atoms with Crippen LogP contribution in [-0.2, 0) is 15.0 Å². The van der Waals surface area contributed by atoms with E-state index in [-0.39, 0.29) is 12.8 Å². The first-order chi connectivity index (χ1) is 10.7. The summed E-state index contributed by atoms with van der Waals surface area (Å²) in [5, 5.41) is 21.0. The average Bonchev–Trinajstić information content (AvgIpc) is 2.45. The zero-order valence-electron chi connectivity index (χ0n) is 13.7. The van der Waals surface area contributed by atoms with Crippen molar-refractivity contribution in [2.24, 2.45) is 5.41 Å². The van der Waals surface area contributed by atoms with Crippen molar-refractivity contribution >= 4 is 22.7 Å². The van der Waals surface area contributed by atoms with Crippen LogP contribution < -0.4 is 0 Å². The van der Waals surface area contributed by atoms with Gasteiger partial charge < -0.3 is 10.2 Å². The van der Waals surface area contributed by atoms with Crippen LogP contribution in [0.4, 0.5) is 0 Å². The van der Waals surface area contributed by atoms with E-state index in [4.69, 9.17) is 5.11 Å². The van der Waals surface area contributed by atoms with Gasteiger partial charge in [0.2, 0.25) is 0 Å². The van der Waals surface area contributed by atoms with E-state index in [1.807, 2.05) is 63.2 Å². The lowest BCUT2D eigenvalue weighted by Crippen LogP contribution is -2.47. The van der Waals surface area contributed by atoms with Crippen molar-refractivity contribution in [3.8, 4) is 0 Å². The summed E-state index contributed by atoms with van der Waals surface area (Å²) in [6, 6.07) is 13.3. The second-order valence-electron chi connectivity index (χ2n) is 6.92. The SMILES string of the molecule is CC(C)(C)C(CCC(=O)O)(C(=O)O)c1ccc2ccccc2c1. The molecule has 23 heavy (non-hydrogen) atoms. The quantitative estimate of drug-likeness (QED) is 0.872. The number of carbonyl (C=O) groups is 2. The Kier molecular flexibility index (Phi) is 4.46. The molecule has 1 atom stereocenters. The van der Waals surface area contributed by atoms with Crippen LogP contribution in [0.15, 0.2) is 42.5 Å². The summed E-state index contributed by atoms with van der Waals surface area (Å²) in [4.78, 5) is 23.3. The molecule has 2 aromatic carbocycles. The molecular weight excluding hydrogens is 292 g/mol. The molecule has 0 aliphatic carbocycles. The highest BCUT2D eigenvalue weighted by Gasteiger charge is 2.50. The van der Waals surface area contributed by atoms with Crippen molar-refractivity contribution in [3.63, 3.8) is 0 Å². The van der Waals surface area contributed by atoms with Gasteiger partial charge >= 0.3 is 11.9 Å². The third-order valence-electron chi connectivity index (χ3n) is 4.60. The molecule has 0 bridgehead atoms. The number of fused-ring (bicyclic) bond motifs is 1. The molecule has 2 aromatic rings. The second-order valence-corrected chi connectivity index (χ2v) is 6.92. The lowest BCUT2D eigenvalue weighted by atomic mass is 9.60. The van der Waals surface area contributed by atoms with Gasteiger partial charge in [0.1, 0.15) is 0 Å². The van der Waals surface area contributed by atoms with E-state index in [1.54, 1.807) is 0 Å². The van der Waals surface area contributed by atoms with Crippen molar-refractivity contribution in [1.29, 1.82) is 0 Å². The molecule has 0 spiro atoms. The van der Waals surface area contributed by atoms with Crippen LogP contribution in [0, 0.1) is 5.41 Å². The van der Waals surface area contributed by atoms with Crippen LogP contribution in [0.3, 0.4) is 0 Å². The third-order valence-corrected chi connectivity index (χ3v) is 4.60. The van der Waals surface area contributed by atoms with E-state index in [2.05, 4.69) is 0 Å². The first-order valence-electron chi connectivity index (χ1n) is 7.63. The third kappa shape index (κ3) is 3.07. The molecule has 0 heterocycles. The number of rotatable bonds is 5. The van der Waals surface area contributed by atoms with Crippen LogP contribution in [0.25, 0.3) is 10.8 Å². The minimum atomic E-state index is -1.25. The van der Waals surface area contributed by atoms with Gasteiger partial charge in [0.15, 0.2) is 0 Å². The lowest BCUT2D eigenvalue weighted by molar-refractivity contribution is -0.150. The molecule has 2 N–H and O–H groups in total. The summed E-state index contributed by atoms with van der Waals surface area (Å²) in [6.45, 7) is 5.54. The van der Waals surface area contributed by atoms with Crippen molar-refractivity contribution in [1.82, 2.24) is 0 Å². The molecule has 0 saturated carbocycles. The summed E-state index contributed by atoms with van der Waals surface area (Å²) in [7, 11) is 0. The Morgan fingerprint density at radius 1 is 0.957 bits per heavy atom. The number of hydrogen-bond acceptors (Lipinski definition) is 2. The maximum atomic E-state index is 12.2. The van der Waals surface area contributed by atoms with Gasteiger partial charge in [-0.1, -0.05) is 57.2 Å². The first-order valence-corrected chi connectivity index (χ1v) is 7.63. The fourth-order valence-corrected chi connectivity index (χ4v) is 3.25. The van der Waals surface area contributed by atoms with Gasteiger partial charge in [0.25, 0.3) is 0 Å². The lowest BCUT2D eigenvalue weighted by Gasteiger charge is -2.41. The maximum absolute atomic E-state index is 12.2. The molecule has 0 aliphatic rings.